The van der Waals surface area contributed by atoms with Crippen LogP contribution in [0.5, 0.6) is 0 Å². The molecule has 1 aliphatic carbocycles. The van der Waals surface area contributed by atoms with Gasteiger partial charge in [0.1, 0.15) is 0 Å². The maximum atomic E-state index is 6.35. The highest BCUT2D eigenvalue weighted by Gasteiger charge is 2.26. The van der Waals surface area contributed by atoms with Crippen LogP contribution in [0.3, 0.4) is 0 Å². The second-order valence-corrected chi connectivity index (χ2v) is 6.94. The maximum Gasteiger partial charge on any atom is 0.00793 e. The molecule has 0 bridgehead atoms. The van der Waals surface area contributed by atoms with Gasteiger partial charge in [-0.3, -0.25) is 0 Å². The average Bonchev–Trinajstić information content (AvgIpc) is 2.56. The summed E-state index contributed by atoms with van der Waals surface area (Å²) in [5.41, 5.74) is 6.35. The topological polar surface area (TPSA) is 29.3 Å². The molecular weight excluding hydrogens is 220 g/mol. The summed E-state index contributed by atoms with van der Waals surface area (Å²) in [4.78, 5) is 2.69. The standard InChI is InChI=1S/C16H32N2/c1-13(2)14-8-10-18(11-9-14)12-15-6-4-3-5-7-16(15)17/h13-16H,3-12,17H2,1-2H3. The lowest BCUT2D eigenvalue weighted by Gasteiger charge is -2.36. The Morgan fingerprint density at radius 2 is 1.67 bits per heavy atom. The fraction of sp³-hybridized carbons (Fsp3) is 1.00. The highest BCUT2D eigenvalue weighted by atomic mass is 15.1. The second kappa shape index (κ2) is 6.91. The Hall–Kier alpha value is -0.0800. The van der Waals surface area contributed by atoms with E-state index in [1.54, 1.807) is 0 Å². The first-order valence-electron chi connectivity index (χ1n) is 8.14. The van der Waals surface area contributed by atoms with Crippen molar-refractivity contribution in [1.29, 1.82) is 0 Å². The maximum absolute atomic E-state index is 6.35. The molecule has 0 aromatic heterocycles. The lowest BCUT2D eigenvalue weighted by atomic mass is 9.86. The van der Waals surface area contributed by atoms with E-state index in [1.807, 2.05) is 0 Å². The molecular formula is C16H32N2. The molecule has 2 N–H and O–H groups in total. The van der Waals surface area contributed by atoms with E-state index >= 15 is 0 Å². The number of hydrogen-bond acceptors (Lipinski definition) is 2. The molecule has 2 atom stereocenters. The zero-order chi connectivity index (χ0) is 13.0. The molecule has 1 aliphatic heterocycles. The normalized spacial score (nSPS) is 32.7. The van der Waals surface area contributed by atoms with Gasteiger partial charge < -0.3 is 10.6 Å². The number of piperidine rings is 1. The fourth-order valence-corrected chi connectivity index (χ4v) is 3.77. The van der Waals surface area contributed by atoms with E-state index < -0.39 is 0 Å². The van der Waals surface area contributed by atoms with Crippen LogP contribution in [0.2, 0.25) is 0 Å². The van der Waals surface area contributed by atoms with Crippen LogP contribution in [0.1, 0.15) is 58.8 Å². The van der Waals surface area contributed by atoms with Crippen LogP contribution in [0.25, 0.3) is 0 Å². The van der Waals surface area contributed by atoms with Crippen molar-refractivity contribution in [3.63, 3.8) is 0 Å². The van der Waals surface area contributed by atoms with Gasteiger partial charge in [-0.15, -0.1) is 0 Å². The summed E-state index contributed by atoms with van der Waals surface area (Å²) in [5, 5.41) is 0. The minimum atomic E-state index is 0.468. The van der Waals surface area contributed by atoms with Gasteiger partial charge in [0, 0.05) is 12.6 Å². The lowest BCUT2D eigenvalue weighted by molar-refractivity contribution is 0.130. The van der Waals surface area contributed by atoms with Crippen LogP contribution in [0.15, 0.2) is 0 Å². The quantitative estimate of drug-likeness (QED) is 0.781. The molecule has 2 rings (SSSR count). The molecule has 0 amide bonds. The van der Waals surface area contributed by atoms with Crippen LogP contribution in [0.4, 0.5) is 0 Å². The van der Waals surface area contributed by atoms with Gasteiger partial charge in [-0.2, -0.15) is 0 Å². The molecule has 18 heavy (non-hydrogen) atoms. The first-order valence-corrected chi connectivity index (χ1v) is 8.14. The van der Waals surface area contributed by atoms with Crippen molar-refractivity contribution >= 4 is 0 Å². The van der Waals surface area contributed by atoms with E-state index in [9.17, 15) is 0 Å². The average molecular weight is 252 g/mol. The van der Waals surface area contributed by atoms with Gasteiger partial charge in [-0.25, -0.2) is 0 Å². The van der Waals surface area contributed by atoms with Crippen LogP contribution in [0, 0.1) is 17.8 Å². The molecule has 0 radical (unpaired) electrons. The molecule has 2 nitrogen and oxygen atoms in total. The van der Waals surface area contributed by atoms with Crippen molar-refractivity contribution in [2.75, 3.05) is 19.6 Å². The van der Waals surface area contributed by atoms with Gasteiger partial charge in [0.2, 0.25) is 0 Å². The third-order valence-corrected chi connectivity index (χ3v) is 5.29. The fourth-order valence-electron chi connectivity index (χ4n) is 3.77. The summed E-state index contributed by atoms with van der Waals surface area (Å²) >= 11 is 0. The molecule has 2 heteroatoms. The van der Waals surface area contributed by atoms with Gasteiger partial charge >= 0.3 is 0 Å². The molecule has 2 unspecified atom stereocenters. The number of nitrogens with zero attached hydrogens (tertiary/aromatic N) is 1. The third-order valence-electron chi connectivity index (χ3n) is 5.29. The summed E-state index contributed by atoms with van der Waals surface area (Å²) in [6, 6.07) is 0.468. The Labute approximate surface area is 113 Å². The molecule has 1 saturated heterocycles. The summed E-state index contributed by atoms with van der Waals surface area (Å²) in [6.07, 6.45) is 9.59. The molecule has 2 aliphatic rings. The van der Waals surface area contributed by atoms with E-state index in [4.69, 9.17) is 5.73 Å². The van der Waals surface area contributed by atoms with Crippen LogP contribution in [-0.4, -0.2) is 30.6 Å². The highest BCUT2D eigenvalue weighted by Crippen LogP contribution is 2.27. The van der Waals surface area contributed by atoms with Crippen LogP contribution < -0.4 is 5.73 Å². The van der Waals surface area contributed by atoms with Crippen molar-refractivity contribution in [3.8, 4) is 0 Å². The van der Waals surface area contributed by atoms with E-state index in [-0.39, 0.29) is 0 Å². The number of rotatable bonds is 3. The molecule has 1 saturated carbocycles. The van der Waals surface area contributed by atoms with Crippen molar-refractivity contribution < 1.29 is 0 Å². The SMILES string of the molecule is CC(C)C1CCN(CC2CCCCCC2N)CC1. The van der Waals surface area contributed by atoms with Gasteiger partial charge in [0.05, 0.1) is 0 Å². The molecule has 0 aromatic rings. The monoisotopic (exact) mass is 252 g/mol. The summed E-state index contributed by atoms with van der Waals surface area (Å²) in [6.45, 7) is 8.65. The highest BCUT2D eigenvalue weighted by molar-refractivity contribution is 4.82. The largest absolute Gasteiger partial charge is 0.327 e. The number of likely N-dealkylation sites (tertiary alicyclic amines) is 1. The van der Waals surface area contributed by atoms with Gasteiger partial charge in [-0.1, -0.05) is 33.1 Å². The van der Waals surface area contributed by atoms with E-state index in [0.717, 1.165) is 17.8 Å². The summed E-state index contributed by atoms with van der Waals surface area (Å²) in [5.74, 6) is 2.60. The molecule has 2 fully saturated rings. The molecule has 0 aromatic carbocycles. The summed E-state index contributed by atoms with van der Waals surface area (Å²) < 4.78 is 0. The first kappa shape index (κ1) is 14.3. The van der Waals surface area contributed by atoms with Gasteiger partial charge in [0.15, 0.2) is 0 Å². The second-order valence-electron chi connectivity index (χ2n) is 6.94. The first-order chi connectivity index (χ1) is 8.66. The van der Waals surface area contributed by atoms with E-state index in [0.29, 0.717) is 6.04 Å². The zero-order valence-electron chi connectivity index (χ0n) is 12.4. The zero-order valence-corrected chi connectivity index (χ0v) is 12.4. The van der Waals surface area contributed by atoms with E-state index in [2.05, 4.69) is 18.7 Å². The predicted molar refractivity (Wildman–Crippen MR) is 78.6 cm³/mol. The smallest absolute Gasteiger partial charge is 0.00793 e. The third kappa shape index (κ3) is 3.96. The van der Waals surface area contributed by atoms with Crippen molar-refractivity contribution in [2.45, 2.75) is 64.8 Å². The van der Waals surface area contributed by atoms with Crippen molar-refractivity contribution in [1.82, 2.24) is 4.90 Å². The van der Waals surface area contributed by atoms with Gasteiger partial charge in [-0.05, 0) is 56.5 Å². The Morgan fingerprint density at radius 3 is 2.33 bits per heavy atom. The minimum absolute atomic E-state index is 0.468. The minimum Gasteiger partial charge on any atom is -0.327 e. The number of hydrogen-bond donors (Lipinski definition) is 1. The number of nitrogens with two attached hydrogens (primary N) is 1. The predicted octanol–water partition coefficient (Wildman–Crippen LogP) is 3.26. The molecule has 1 heterocycles. The molecule has 0 spiro atoms. The summed E-state index contributed by atoms with van der Waals surface area (Å²) in [7, 11) is 0. The van der Waals surface area contributed by atoms with Crippen molar-refractivity contribution in [2.24, 2.45) is 23.5 Å². The van der Waals surface area contributed by atoms with Crippen LogP contribution >= 0.6 is 0 Å². The Morgan fingerprint density at radius 1 is 1.00 bits per heavy atom. The van der Waals surface area contributed by atoms with Crippen LogP contribution in [-0.2, 0) is 0 Å². The molecule has 106 valence electrons. The Balaban J connectivity index is 1.76. The lowest BCUT2D eigenvalue weighted by Crippen LogP contribution is -2.42. The van der Waals surface area contributed by atoms with Crippen molar-refractivity contribution in [3.05, 3.63) is 0 Å². The Bertz CT molecular complexity index is 231. The Kier molecular flexibility index (Phi) is 5.50. The van der Waals surface area contributed by atoms with Gasteiger partial charge in [0.25, 0.3) is 0 Å². The van der Waals surface area contributed by atoms with E-state index in [1.165, 1.54) is 64.6 Å².